The molecule has 1 aromatic carbocycles. The molecule has 1 fully saturated rings. The van der Waals surface area contributed by atoms with Gasteiger partial charge in [-0.25, -0.2) is 0 Å². The van der Waals surface area contributed by atoms with E-state index < -0.39 is 11.7 Å². The maximum atomic E-state index is 12.6. The predicted molar refractivity (Wildman–Crippen MR) is 73.4 cm³/mol. The Labute approximate surface area is 119 Å². The third-order valence-corrected chi connectivity index (χ3v) is 4.03. The lowest BCUT2D eigenvalue weighted by Gasteiger charge is -2.21. The Hall–Kier alpha value is -0.750. The summed E-state index contributed by atoms with van der Waals surface area (Å²) >= 11 is 3.25. The normalized spacial score (nSPS) is 20.1. The van der Waals surface area contributed by atoms with Gasteiger partial charge in [-0.2, -0.15) is 13.2 Å². The summed E-state index contributed by atoms with van der Waals surface area (Å²) in [5.41, 5.74) is 0.223. The monoisotopic (exact) mass is 336 g/mol. The zero-order chi connectivity index (χ0) is 14.0. The van der Waals surface area contributed by atoms with Crippen LogP contribution in [0.1, 0.15) is 12.0 Å². The third kappa shape index (κ3) is 3.42. The lowest BCUT2D eigenvalue weighted by atomic mass is 10.1. The molecule has 6 heteroatoms. The summed E-state index contributed by atoms with van der Waals surface area (Å²) in [7, 11) is 1.91. The topological polar surface area (TPSA) is 15.3 Å². The summed E-state index contributed by atoms with van der Waals surface area (Å²) in [5.74, 6) is 0.555. The van der Waals surface area contributed by atoms with Crippen molar-refractivity contribution in [3.8, 4) is 0 Å². The van der Waals surface area contributed by atoms with Crippen LogP contribution in [0.25, 0.3) is 0 Å². The highest BCUT2D eigenvalue weighted by atomic mass is 79.9. The van der Waals surface area contributed by atoms with Gasteiger partial charge in [0, 0.05) is 17.6 Å². The maximum Gasteiger partial charge on any atom is 0.416 e. The molecule has 106 valence electrons. The number of hydrogen-bond donors (Lipinski definition) is 1. The number of nitrogens with zero attached hydrogens (tertiary/aromatic N) is 1. The van der Waals surface area contributed by atoms with Gasteiger partial charge in [0.15, 0.2) is 0 Å². The Bertz CT molecular complexity index is 448. The second kappa shape index (κ2) is 5.71. The van der Waals surface area contributed by atoms with Gasteiger partial charge in [-0.3, -0.25) is 0 Å². The summed E-state index contributed by atoms with van der Waals surface area (Å²) in [4.78, 5) is 2.13. The van der Waals surface area contributed by atoms with Crippen LogP contribution in [0.5, 0.6) is 0 Å². The first-order chi connectivity index (χ1) is 8.91. The molecular formula is C13H16BrF3N2. The van der Waals surface area contributed by atoms with E-state index in [2.05, 4.69) is 26.1 Å². The average molecular weight is 337 g/mol. The molecule has 2 nitrogen and oxygen atoms in total. The molecule has 1 aliphatic rings. The molecule has 19 heavy (non-hydrogen) atoms. The minimum atomic E-state index is -4.29. The van der Waals surface area contributed by atoms with E-state index in [1.807, 2.05) is 7.05 Å². The molecule has 1 heterocycles. The van der Waals surface area contributed by atoms with Crippen molar-refractivity contribution in [1.29, 1.82) is 0 Å². The summed E-state index contributed by atoms with van der Waals surface area (Å²) in [6, 6.07) is 3.85. The average Bonchev–Trinajstić information content (AvgIpc) is 2.76. The maximum absolute atomic E-state index is 12.6. The van der Waals surface area contributed by atoms with Gasteiger partial charge in [0.2, 0.25) is 0 Å². The minimum absolute atomic E-state index is 0.507. The van der Waals surface area contributed by atoms with E-state index in [0.717, 1.165) is 43.9 Å². The van der Waals surface area contributed by atoms with Crippen LogP contribution >= 0.6 is 15.9 Å². The van der Waals surface area contributed by atoms with Crippen molar-refractivity contribution in [2.24, 2.45) is 5.92 Å². The van der Waals surface area contributed by atoms with Crippen LogP contribution in [-0.2, 0) is 6.18 Å². The molecule has 1 unspecified atom stereocenters. The first-order valence-electron chi connectivity index (χ1n) is 6.18. The largest absolute Gasteiger partial charge is 0.416 e. The number of halogens is 4. The zero-order valence-corrected chi connectivity index (χ0v) is 12.2. The predicted octanol–water partition coefficient (Wildman–Crippen LogP) is 3.51. The second-order valence-corrected chi connectivity index (χ2v) is 5.68. The Morgan fingerprint density at radius 3 is 2.74 bits per heavy atom. The standard InChI is InChI=1S/C13H16BrF3N2/c1-18-7-9-4-5-19(8-9)12-3-2-10(6-11(12)14)13(15,16)17/h2-3,6,9,18H,4-5,7-8H2,1H3. The lowest BCUT2D eigenvalue weighted by molar-refractivity contribution is -0.137. The Morgan fingerprint density at radius 2 is 2.16 bits per heavy atom. The highest BCUT2D eigenvalue weighted by Crippen LogP contribution is 2.36. The fourth-order valence-electron chi connectivity index (χ4n) is 2.45. The summed E-state index contributed by atoms with van der Waals surface area (Å²) in [6.07, 6.45) is -3.23. The molecule has 0 aromatic heterocycles. The van der Waals surface area contributed by atoms with Crippen molar-refractivity contribution in [2.75, 3.05) is 31.6 Å². The van der Waals surface area contributed by atoms with Crippen LogP contribution in [-0.4, -0.2) is 26.7 Å². The minimum Gasteiger partial charge on any atom is -0.370 e. The quantitative estimate of drug-likeness (QED) is 0.908. The number of hydrogen-bond acceptors (Lipinski definition) is 2. The van der Waals surface area contributed by atoms with Gasteiger partial charge < -0.3 is 10.2 Å². The Kier molecular flexibility index (Phi) is 4.40. The van der Waals surface area contributed by atoms with Crippen LogP contribution in [0.3, 0.4) is 0 Å². The molecule has 1 aliphatic heterocycles. The van der Waals surface area contributed by atoms with Crippen molar-refractivity contribution in [3.63, 3.8) is 0 Å². The van der Waals surface area contributed by atoms with Crippen LogP contribution < -0.4 is 10.2 Å². The van der Waals surface area contributed by atoms with Gasteiger partial charge in [0.1, 0.15) is 0 Å². The highest BCUT2D eigenvalue weighted by Gasteiger charge is 2.31. The van der Waals surface area contributed by atoms with Gasteiger partial charge in [-0.15, -0.1) is 0 Å². The lowest BCUT2D eigenvalue weighted by Crippen LogP contribution is -2.24. The number of alkyl halides is 3. The van der Waals surface area contributed by atoms with E-state index in [0.29, 0.717) is 10.4 Å². The second-order valence-electron chi connectivity index (χ2n) is 4.82. The summed E-state index contributed by atoms with van der Waals surface area (Å²) < 4.78 is 38.3. The van der Waals surface area contributed by atoms with E-state index in [1.54, 1.807) is 6.07 Å². The van der Waals surface area contributed by atoms with Crippen LogP contribution in [0.4, 0.5) is 18.9 Å². The van der Waals surface area contributed by atoms with E-state index in [1.165, 1.54) is 0 Å². The molecule has 0 amide bonds. The first kappa shape index (κ1) is 14.7. The van der Waals surface area contributed by atoms with Gasteiger partial charge in [-0.05, 0) is 60.1 Å². The Morgan fingerprint density at radius 1 is 1.42 bits per heavy atom. The van der Waals surface area contributed by atoms with Gasteiger partial charge in [-0.1, -0.05) is 0 Å². The van der Waals surface area contributed by atoms with Crippen LogP contribution in [0, 0.1) is 5.92 Å². The van der Waals surface area contributed by atoms with Crippen molar-refractivity contribution in [3.05, 3.63) is 28.2 Å². The molecule has 1 saturated heterocycles. The molecule has 0 radical (unpaired) electrons. The molecule has 1 aromatic rings. The van der Waals surface area contributed by atoms with Crippen molar-refractivity contribution >= 4 is 21.6 Å². The molecule has 1 N–H and O–H groups in total. The molecular weight excluding hydrogens is 321 g/mol. The fourth-order valence-corrected chi connectivity index (χ4v) is 3.08. The summed E-state index contributed by atoms with van der Waals surface area (Å²) in [5, 5.41) is 3.14. The van der Waals surface area contributed by atoms with Gasteiger partial charge in [0.25, 0.3) is 0 Å². The SMILES string of the molecule is CNCC1CCN(c2ccc(C(F)(F)F)cc2Br)C1. The third-order valence-electron chi connectivity index (χ3n) is 3.39. The van der Waals surface area contributed by atoms with E-state index >= 15 is 0 Å². The first-order valence-corrected chi connectivity index (χ1v) is 6.97. The molecule has 0 spiro atoms. The molecule has 0 aliphatic carbocycles. The van der Waals surface area contributed by atoms with Gasteiger partial charge in [0.05, 0.1) is 11.3 Å². The van der Waals surface area contributed by atoms with E-state index in [9.17, 15) is 13.2 Å². The van der Waals surface area contributed by atoms with Crippen molar-refractivity contribution in [1.82, 2.24) is 5.32 Å². The number of rotatable bonds is 3. The zero-order valence-electron chi connectivity index (χ0n) is 10.6. The number of benzene rings is 1. The summed E-state index contributed by atoms with van der Waals surface area (Å²) in [6.45, 7) is 2.70. The Balaban J connectivity index is 2.14. The number of anilines is 1. The van der Waals surface area contributed by atoms with E-state index in [4.69, 9.17) is 0 Å². The van der Waals surface area contributed by atoms with E-state index in [-0.39, 0.29) is 0 Å². The highest BCUT2D eigenvalue weighted by molar-refractivity contribution is 9.10. The van der Waals surface area contributed by atoms with Crippen molar-refractivity contribution < 1.29 is 13.2 Å². The van der Waals surface area contributed by atoms with Crippen LogP contribution in [0.2, 0.25) is 0 Å². The molecule has 2 rings (SSSR count). The smallest absolute Gasteiger partial charge is 0.370 e. The molecule has 0 bridgehead atoms. The number of nitrogens with one attached hydrogen (secondary N) is 1. The van der Waals surface area contributed by atoms with Crippen LogP contribution in [0.15, 0.2) is 22.7 Å². The molecule has 0 saturated carbocycles. The van der Waals surface area contributed by atoms with Crippen molar-refractivity contribution in [2.45, 2.75) is 12.6 Å². The van der Waals surface area contributed by atoms with Gasteiger partial charge >= 0.3 is 6.18 Å². The molecule has 1 atom stereocenters. The fraction of sp³-hybridized carbons (Fsp3) is 0.538.